The van der Waals surface area contributed by atoms with Gasteiger partial charge >= 0.3 is 6.61 Å². The monoisotopic (exact) mass is 556 g/mol. The second kappa shape index (κ2) is 11.9. The summed E-state index contributed by atoms with van der Waals surface area (Å²) in [7, 11) is 1.64. The Kier molecular flexibility index (Phi) is 9.86. The van der Waals surface area contributed by atoms with Crippen LogP contribution >= 0.6 is 35.6 Å². The smallest absolute Gasteiger partial charge is 0.387 e. The van der Waals surface area contributed by atoms with Crippen LogP contribution in [-0.4, -0.2) is 37.6 Å². The molecule has 3 N–H and O–H groups in total. The van der Waals surface area contributed by atoms with Crippen molar-refractivity contribution in [2.24, 2.45) is 10.9 Å². The van der Waals surface area contributed by atoms with Crippen molar-refractivity contribution in [1.29, 1.82) is 0 Å². The van der Waals surface area contributed by atoms with Crippen molar-refractivity contribution < 1.29 is 18.3 Å². The predicted octanol–water partition coefficient (Wildman–Crippen LogP) is 4.06. The molecule has 1 aromatic rings. The van der Waals surface area contributed by atoms with Crippen molar-refractivity contribution in [3.8, 4) is 5.75 Å². The number of nitrogens with zero attached hydrogens (tertiary/aromatic N) is 1. The van der Waals surface area contributed by atoms with Gasteiger partial charge in [0.1, 0.15) is 5.75 Å². The zero-order valence-corrected chi connectivity index (χ0v) is 19.9. The molecule has 0 aromatic heterocycles. The van der Waals surface area contributed by atoms with E-state index in [1.54, 1.807) is 13.1 Å². The van der Waals surface area contributed by atoms with E-state index in [0.717, 1.165) is 38.5 Å². The van der Waals surface area contributed by atoms with Crippen molar-refractivity contribution in [3.63, 3.8) is 0 Å². The molecule has 2 aliphatic rings. The number of aliphatic imine (C=N–C) groups is 1. The molecule has 0 spiro atoms. The van der Waals surface area contributed by atoms with E-state index in [1.165, 1.54) is 12.1 Å². The minimum atomic E-state index is -2.91. The molecular weight excluding hydrogens is 529 g/mol. The molecule has 0 bridgehead atoms. The number of hydrogen-bond donors (Lipinski definition) is 3. The number of carbonyl (C=O) groups excluding carboxylic acids is 1. The van der Waals surface area contributed by atoms with Crippen molar-refractivity contribution in [2.75, 3.05) is 7.05 Å². The van der Waals surface area contributed by atoms with Gasteiger partial charge < -0.3 is 20.7 Å². The summed E-state index contributed by atoms with van der Waals surface area (Å²) in [6, 6.07) is 5.00. The molecule has 2 unspecified atom stereocenters. The molecule has 2 saturated carbocycles. The Morgan fingerprint density at radius 3 is 2.67 bits per heavy atom. The van der Waals surface area contributed by atoms with Gasteiger partial charge in [-0.15, -0.1) is 24.0 Å². The van der Waals surface area contributed by atoms with Crippen LogP contribution in [0.3, 0.4) is 0 Å². The minimum Gasteiger partial charge on any atom is -0.434 e. The van der Waals surface area contributed by atoms with Crippen LogP contribution in [0.15, 0.2) is 23.2 Å². The van der Waals surface area contributed by atoms with Crippen LogP contribution < -0.4 is 20.7 Å². The number of hydrogen-bond acceptors (Lipinski definition) is 3. The Bertz CT molecular complexity index is 750. The molecule has 2 aliphatic carbocycles. The summed E-state index contributed by atoms with van der Waals surface area (Å²) in [5, 5.41) is 9.97. The fourth-order valence-electron chi connectivity index (χ4n) is 3.57. The van der Waals surface area contributed by atoms with Gasteiger partial charge in [-0.1, -0.05) is 18.0 Å². The lowest BCUT2D eigenvalue weighted by Crippen LogP contribution is -2.47. The highest BCUT2D eigenvalue weighted by Gasteiger charge is 2.31. The van der Waals surface area contributed by atoms with Crippen LogP contribution in [0.2, 0.25) is 5.02 Å². The Morgan fingerprint density at radius 1 is 1.23 bits per heavy atom. The highest BCUT2D eigenvalue weighted by molar-refractivity contribution is 14.0. The molecule has 30 heavy (non-hydrogen) atoms. The van der Waals surface area contributed by atoms with E-state index in [2.05, 4.69) is 25.7 Å². The van der Waals surface area contributed by atoms with Crippen LogP contribution in [0.25, 0.3) is 0 Å². The van der Waals surface area contributed by atoms with Crippen LogP contribution in [0.1, 0.15) is 44.1 Å². The quantitative estimate of drug-likeness (QED) is 0.269. The highest BCUT2D eigenvalue weighted by atomic mass is 127. The number of nitrogens with one attached hydrogen (secondary N) is 3. The molecule has 6 nitrogen and oxygen atoms in total. The Labute approximate surface area is 197 Å². The summed E-state index contributed by atoms with van der Waals surface area (Å²) >= 11 is 5.99. The maximum absolute atomic E-state index is 12.6. The van der Waals surface area contributed by atoms with Gasteiger partial charge in [0, 0.05) is 42.2 Å². The summed E-state index contributed by atoms with van der Waals surface area (Å²) < 4.78 is 29.8. The molecule has 10 heteroatoms. The Balaban J connectivity index is 0.00000320. The van der Waals surface area contributed by atoms with Gasteiger partial charge in [0.15, 0.2) is 5.96 Å². The molecule has 2 fully saturated rings. The SMILES string of the molecule is CN=C(NCc1cc(Cl)ccc1OC(F)F)NC1CCCC(C(=O)NC2CC2)C1.I. The van der Waals surface area contributed by atoms with Crippen molar-refractivity contribution in [1.82, 2.24) is 16.0 Å². The average molecular weight is 557 g/mol. The summed E-state index contributed by atoms with van der Waals surface area (Å²) in [4.78, 5) is 16.6. The zero-order valence-electron chi connectivity index (χ0n) is 16.8. The first kappa shape index (κ1) is 24.9. The number of alkyl halides is 2. The van der Waals surface area contributed by atoms with Crippen molar-refractivity contribution in [3.05, 3.63) is 28.8 Å². The van der Waals surface area contributed by atoms with Crippen LogP contribution in [0.5, 0.6) is 5.75 Å². The molecule has 1 aromatic carbocycles. The molecule has 0 aliphatic heterocycles. The number of amides is 1. The number of ether oxygens (including phenoxy) is 1. The van der Waals surface area contributed by atoms with Crippen LogP contribution in [0, 0.1) is 5.92 Å². The third-order valence-corrected chi connectivity index (χ3v) is 5.45. The molecule has 3 rings (SSSR count). The largest absolute Gasteiger partial charge is 0.434 e. The van der Waals surface area contributed by atoms with Crippen LogP contribution in [0.4, 0.5) is 8.78 Å². The van der Waals surface area contributed by atoms with E-state index in [-0.39, 0.29) is 54.1 Å². The zero-order chi connectivity index (χ0) is 20.8. The van der Waals surface area contributed by atoms with Gasteiger partial charge in [0.05, 0.1) is 0 Å². The molecule has 2 atom stereocenters. The summed E-state index contributed by atoms with van der Waals surface area (Å²) in [6.45, 7) is -2.69. The number of guanidine groups is 1. The average Bonchev–Trinajstić information content (AvgIpc) is 3.50. The first-order valence-electron chi connectivity index (χ1n) is 9.95. The van der Waals surface area contributed by atoms with Gasteiger partial charge in [-0.3, -0.25) is 9.79 Å². The first-order chi connectivity index (χ1) is 13.9. The summed E-state index contributed by atoms with van der Waals surface area (Å²) in [5.74, 6) is 0.775. The van der Waals surface area contributed by atoms with E-state index in [4.69, 9.17) is 11.6 Å². The predicted molar refractivity (Wildman–Crippen MR) is 124 cm³/mol. The van der Waals surface area contributed by atoms with Crippen LogP contribution in [-0.2, 0) is 11.3 Å². The number of halogens is 4. The molecule has 1 amide bonds. The summed E-state index contributed by atoms with van der Waals surface area (Å²) in [5.41, 5.74) is 0.506. The maximum atomic E-state index is 12.6. The molecule has 0 heterocycles. The van der Waals surface area contributed by atoms with Gasteiger partial charge in [0.2, 0.25) is 5.91 Å². The second-order valence-corrected chi connectivity index (χ2v) is 7.98. The molecular formula is C20H28ClF2IN4O2. The Hall–Kier alpha value is -1.36. The summed E-state index contributed by atoms with van der Waals surface area (Å²) in [6.07, 6.45) is 5.73. The molecule has 0 radical (unpaired) electrons. The third kappa shape index (κ3) is 7.72. The fourth-order valence-corrected chi connectivity index (χ4v) is 3.76. The van der Waals surface area contributed by atoms with E-state index >= 15 is 0 Å². The van der Waals surface area contributed by atoms with Gasteiger partial charge in [-0.05, 0) is 50.3 Å². The minimum absolute atomic E-state index is 0. The Morgan fingerprint density at radius 2 is 2.00 bits per heavy atom. The third-order valence-electron chi connectivity index (χ3n) is 5.22. The van der Waals surface area contributed by atoms with E-state index in [0.29, 0.717) is 22.6 Å². The first-order valence-corrected chi connectivity index (χ1v) is 10.3. The normalized spacial score (nSPS) is 21.6. The van der Waals surface area contributed by atoms with Gasteiger partial charge in [-0.25, -0.2) is 0 Å². The van der Waals surface area contributed by atoms with Crippen molar-refractivity contribution in [2.45, 2.75) is 63.8 Å². The lowest BCUT2D eigenvalue weighted by atomic mass is 9.85. The fraction of sp³-hybridized carbons (Fsp3) is 0.600. The molecule has 168 valence electrons. The van der Waals surface area contributed by atoms with Gasteiger partial charge in [0.25, 0.3) is 0 Å². The van der Waals surface area contributed by atoms with Gasteiger partial charge in [-0.2, -0.15) is 8.78 Å². The van der Waals surface area contributed by atoms with E-state index < -0.39 is 6.61 Å². The van der Waals surface area contributed by atoms with E-state index in [1.807, 2.05) is 0 Å². The lowest BCUT2D eigenvalue weighted by Gasteiger charge is -2.30. The second-order valence-electron chi connectivity index (χ2n) is 7.54. The standard InChI is InChI=1S/C20H27ClF2N4O2.HI/c1-24-20(25-11-13-9-14(21)5-8-17(13)29-19(22)23)27-16-4-2-3-12(10-16)18(28)26-15-6-7-15;/h5,8-9,12,15-16,19H,2-4,6-7,10-11H2,1H3,(H,26,28)(H2,24,25,27);1H. The highest BCUT2D eigenvalue weighted by Crippen LogP contribution is 2.27. The number of benzene rings is 1. The molecule has 0 saturated heterocycles. The van der Waals surface area contributed by atoms with E-state index in [9.17, 15) is 13.6 Å². The topological polar surface area (TPSA) is 74.8 Å². The lowest BCUT2D eigenvalue weighted by molar-refractivity contribution is -0.126. The number of carbonyl (C=O) groups is 1. The maximum Gasteiger partial charge on any atom is 0.387 e. The number of rotatable bonds is 7. The van der Waals surface area contributed by atoms with Crippen molar-refractivity contribution >= 4 is 47.4 Å².